The van der Waals surface area contributed by atoms with E-state index in [1.807, 2.05) is 24.6 Å². The first-order valence-electron chi connectivity index (χ1n) is 9.40. The summed E-state index contributed by atoms with van der Waals surface area (Å²) in [7, 11) is -1.91. The smallest absolute Gasteiger partial charge is 0.331 e. The molecule has 9 nitrogen and oxygen atoms in total. The van der Waals surface area contributed by atoms with Crippen LogP contribution in [0.25, 0.3) is 0 Å². The van der Waals surface area contributed by atoms with Gasteiger partial charge in [-0.2, -0.15) is 8.78 Å². The van der Waals surface area contributed by atoms with Crippen LogP contribution in [-0.4, -0.2) is 53.8 Å². The Hall–Kier alpha value is -2.78. The summed E-state index contributed by atoms with van der Waals surface area (Å²) < 4.78 is 46.0. The van der Waals surface area contributed by atoms with Crippen molar-refractivity contribution in [1.82, 2.24) is 9.55 Å². The molecule has 0 amide bonds. The zero-order chi connectivity index (χ0) is 23.7. The Bertz CT molecular complexity index is 1050. The first-order valence-corrected chi connectivity index (χ1v) is 12.9. The maximum Gasteiger partial charge on any atom is 0.331 e. The molecule has 31 heavy (non-hydrogen) atoms. The summed E-state index contributed by atoms with van der Waals surface area (Å²) >= 11 is 0. The number of aromatic nitrogens is 2. The Kier molecular flexibility index (Phi) is 6.92. The summed E-state index contributed by atoms with van der Waals surface area (Å²) in [6.07, 6.45) is -6.28. The van der Waals surface area contributed by atoms with Crippen LogP contribution in [0.15, 0.2) is 15.8 Å². The average molecular weight is 458 g/mol. The molecule has 1 fully saturated rings. The highest BCUT2D eigenvalue weighted by atomic mass is 28.3. The first kappa shape index (κ1) is 24.5. The van der Waals surface area contributed by atoms with E-state index in [0.29, 0.717) is 4.57 Å². The van der Waals surface area contributed by atoms with E-state index in [-0.39, 0.29) is 5.56 Å². The lowest BCUT2D eigenvalue weighted by Gasteiger charge is -2.25. The molecule has 0 radical (unpaired) electrons. The van der Waals surface area contributed by atoms with Gasteiger partial charge in [-0.3, -0.25) is 23.9 Å². The van der Waals surface area contributed by atoms with E-state index in [0.717, 1.165) is 20.0 Å². The maximum atomic E-state index is 15.2. The zero-order valence-electron chi connectivity index (χ0n) is 17.9. The van der Waals surface area contributed by atoms with Gasteiger partial charge < -0.3 is 14.2 Å². The summed E-state index contributed by atoms with van der Waals surface area (Å²) in [5.41, 5.74) is 0.745. The van der Waals surface area contributed by atoms with Gasteiger partial charge in [0.15, 0.2) is 6.10 Å². The van der Waals surface area contributed by atoms with Gasteiger partial charge in [0, 0.05) is 20.0 Å². The van der Waals surface area contributed by atoms with E-state index < -0.39 is 61.7 Å². The van der Waals surface area contributed by atoms with E-state index in [9.17, 15) is 19.2 Å². The van der Waals surface area contributed by atoms with E-state index in [2.05, 4.69) is 11.5 Å². The molecule has 12 heteroatoms. The Balaban J connectivity index is 2.57. The van der Waals surface area contributed by atoms with Crippen molar-refractivity contribution in [2.24, 2.45) is 0 Å². The SMILES string of the molecule is CC(=O)OC(C)[C@H]1O[C@@H](n2cc(C#C[Si](C)(C)C)c(=O)[nH]c2=O)C(F)(F)[C@@H]1OC(C)=O. The molecule has 0 saturated carbocycles. The normalized spacial score (nSPS) is 23.4. The number of esters is 2. The number of H-pyrrole nitrogens is 1. The van der Waals surface area contributed by atoms with Crippen LogP contribution in [0, 0.1) is 11.5 Å². The first-order chi connectivity index (χ1) is 14.1. The molecule has 2 rings (SSSR count). The van der Waals surface area contributed by atoms with Crippen molar-refractivity contribution in [2.75, 3.05) is 0 Å². The lowest BCUT2D eigenvalue weighted by atomic mass is 10.1. The molecule has 4 atom stereocenters. The molecule has 1 unspecified atom stereocenters. The van der Waals surface area contributed by atoms with Crippen molar-refractivity contribution in [3.8, 4) is 11.5 Å². The summed E-state index contributed by atoms with van der Waals surface area (Å²) in [4.78, 5) is 49.0. The van der Waals surface area contributed by atoms with Crippen LogP contribution in [-0.2, 0) is 23.8 Å². The molecule has 0 spiro atoms. The molecule has 1 aromatic heterocycles. The number of carbonyl (C=O) groups excluding carboxylic acids is 2. The number of halogens is 2. The number of hydrogen-bond acceptors (Lipinski definition) is 7. The molecule has 0 aliphatic carbocycles. The highest BCUT2D eigenvalue weighted by Gasteiger charge is 2.64. The number of nitrogens with one attached hydrogen (secondary N) is 1. The van der Waals surface area contributed by atoms with Crippen LogP contribution in [0.5, 0.6) is 0 Å². The summed E-state index contributed by atoms with van der Waals surface area (Å²) in [5.74, 6) is -3.03. The topological polar surface area (TPSA) is 117 Å². The quantitative estimate of drug-likeness (QED) is 0.409. The van der Waals surface area contributed by atoms with Gasteiger partial charge in [-0.1, -0.05) is 25.6 Å². The second-order valence-corrected chi connectivity index (χ2v) is 12.9. The van der Waals surface area contributed by atoms with Crippen molar-refractivity contribution in [1.29, 1.82) is 0 Å². The predicted molar refractivity (Wildman–Crippen MR) is 107 cm³/mol. The van der Waals surface area contributed by atoms with Gasteiger partial charge in [-0.25, -0.2) is 4.79 Å². The molecule has 0 bridgehead atoms. The highest BCUT2D eigenvalue weighted by Crippen LogP contribution is 2.45. The van der Waals surface area contributed by atoms with Crippen LogP contribution in [0.4, 0.5) is 8.78 Å². The molecule has 2 heterocycles. The minimum absolute atomic E-state index is 0.193. The van der Waals surface area contributed by atoms with Crippen molar-refractivity contribution in [3.05, 3.63) is 32.6 Å². The molecular formula is C19H24F2N2O7Si. The highest BCUT2D eigenvalue weighted by molar-refractivity contribution is 6.83. The van der Waals surface area contributed by atoms with Crippen LogP contribution < -0.4 is 11.2 Å². The van der Waals surface area contributed by atoms with Crippen molar-refractivity contribution in [2.45, 2.75) is 70.9 Å². The van der Waals surface area contributed by atoms with Crippen molar-refractivity contribution < 1.29 is 32.6 Å². The molecule has 170 valence electrons. The second kappa shape index (κ2) is 8.76. The third-order valence-electron chi connectivity index (χ3n) is 4.19. The van der Waals surface area contributed by atoms with Gasteiger partial charge in [-0.05, 0) is 6.92 Å². The summed E-state index contributed by atoms with van der Waals surface area (Å²) in [6, 6.07) is 0. The number of alkyl halides is 2. The molecule has 0 aromatic carbocycles. The summed E-state index contributed by atoms with van der Waals surface area (Å²) in [6.45, 7) is 9.07. The maximum absolute atomic E-state index is 15.2. The van der Waals surface area contributed by atoms with E-state index in [1.54, 1.807) is 0 Å². The fourth-order valence-corrected chi connectivity index (χ4v) is 3.44. The average Bonchev–Trinajstić information content (AvgIpc) is 2.83. The molecule has 1 N–H and O–H groups in total. The standard InChI is InChI=1S/C19H24F2N2O7Si/c1-10(28-11(2)24)14-15(29-12(3)25)19(20,21)17(30-14)23-9-13(7-8-31(4,5)6)16(26)22-18(23)27/h9-10,14-15,17H,1-6H3,(H,22,26,27)/t10?,14-,15-,17-/m1/s1. The third-order valence-corrected chi connectivity index (χ3v) is 5.07. The molecule has 1 aliphatic rings. The van der Waals surface area contributed by atoms with Crippen molar-refractivity contribution in [3.63, 3.8) is 0 Å². The number of ether oxygens (including phenoxy) is 3. The monoisotopic (exact) mass is 458 g/mol. The van der Waals surface area contributed by atoms with Gasteiger partial charge in [0.05, 0.1) is 0 Å². The van der Waals surface area contributed by atoms with Gasteiger partial charge >= 0.3 is 23.6 Å². The number of carbonyl (C=O) groups is 2. The predicted octanol–water partition coefficient (Wildman–Crippen LogP) is 1.18. The third kappa shape index (κ3) is 5.68. The summed E-state index contributed by atoms with van der Waals surface area (Å²) in [5, 5.41) is 0. The fraction of sp³-hybridized carbons (Fsp3) is 0.579. The lowest BCUT2D eigenvalue weighted by Crippen LogP contribution is -2.46. The Labute approximate surface area is 177 Å². The number of rotatable bonds is 4. The fourth-order valence-electron chi connectivity index (χ4n) is 2.93. The number of hydrogen-bond donors (Lipinski definition) is 1. The van der Waals surface area contributed by atoms with Crippen LogP contribution in [0.3, 0.4) is 0 Å². The number of nitrogens with zero attached hydrogens (tertiary/aromatic N) is 1. The molecule has 1 aromatic rings. The molecule has 1 aliphatic heterocycles. The second-order valence-electron chi connectivity index (χ2n) is 8.18. The lowest BCUT2D eigenvalue weighted by molar-refractivity contribution is -0.176. The van der Waals surface area contributed by atoms with Crippen molar-refractivity contribution >= 4 is 20.0 Å². The van der Waals surface area contributed by atoms with E-state index in [4.69, 9.17) is 14.2 Å². The van der Waals surface area contributed by atoms with Crippen LogP contribution in [0.1, 0.15) is 32.6 Å². The largest absolute Gasteiger partial charge is 0.460 e. The minimum atomic E-state index is -3.89. The van der Waals surface area contributed by atoms with Crippen LogP contribution in [0.2, 0.25) is 19.6 Å². The van der Waals surface area contributed by atoms with Gasteiger partial charge in [0.1, 0.15) is 25.8 Å². The Morgan fingerprint density at radius 2 is 1.87 bits per heavy atom. The zero-order valence-corrected chi connectivity index (χ0v) is 18.9. The van der Waals surface area contributed by atoms with Gasteiger partial charge in [0.2, 0.25) is 6.23 Å². The molecule has 1 saturated heterocycles. The van der Waals surface area contributed by atoms with Gasteiger partial charge in [0.25, 0.3) is 5.56 Å². The minimum Gasteiger partial charge on any atom is -0.460 e. The van der Waals surface area contributed by atoms with E-state index >= 15 is 8.78 Å². The van der Waals surface area contributed by atoms with E-state index in [1.165, 1.54) is 6.92 Å². The van der Waals surface area contributed by atoms with Gasteiger partial charge in [-0.15, -0.1) is 5.54 Å². The molecular weight excluding hydrogens is 434 g/mol. The van der Waals surface area contributed by atoms with Crippen LogP contribution >= 0.6 is 0 Å². The Morgan fingerprint density at radius 1 is 1.26 bits per heavy atom. The number of aromatic amines is 1. The Morgan fingerprint density at radius 3 is 2.39 bits per heavy atom.